The minimum Gasteiger partial charge on any atom is -0.381 e. The predicted molar refractivity (Wildman–Crippen MR) is 69.4 cm³/mol. The first-order chi connectivity index (χ1) is 8.25. The number of anilines is 1. The minimum absolute atomic E-state index is 0.0854. The maximum Gasteiger partial charge on any atom is 0.248 e. The van der Waals surface area contributed by atoms with Gasteiger partial charge in [-0.25, -0.2) is 8.42 Å². The third-order valence-electron chi connectivity index (χ3n) is 3.86. The highest BCUT2D eigenvalue weighted by atomic mass is 32.2. The van der Waals surface area contributed by atoms with Crippen LogP contribution in [0.4, 0.5) is 5.82 Å². The summed E-state index contributed by atoms with van der Waals surface area (Å²) < 4.78 is 28.2. The molecule has 0 aromatic carbocycles. The molecule has 1 aromatic rings. The average Bonchev–Trinajstić information content (AvgIpc) is 2.70. The van der Waals surface area contributed by atoms with E-state index >= 15 is 0 Å². The van der Waals surface area contributed by atoms with E-state index in [0.717, 1.165) is 0 Å². The van der Waals surface area contributed by atoms with Gasteiger partial charge < -0.3 is 5.73 Å². The Kier molecular flexibility index (Phi) is 3.14. The molecule has 0 aliphatic carbocycles. The number of rotatable bonds is 2. The lowest BCUT2D eigenvalue weighted by Gasteiger charge is -2.16. The molecular formula is C11H20N4O2S. The van der Waals surface area contributed by atoms with Crippen LogP contribution in [-0.2, 0) is 17.1 Å². The van der Waals surface area contributed by atoms with Gasteiger partial charge in [-0.05, 0) is 18.8 Å². The summed E-state index contributed by atoms with van der Waals surface area (Å²) in [5, 5.41) is 3.97. The van der Waals surface area contributed by atoms with Crippen LogP contribution >= 0.6 is 0 Å². The third-order valence-corrected chi connectivity index (χ3v) is 5.86. The predicted octanol–water partition coefficient (Wildman–Crippen LogP) is 0.587. The van der Waals surface area contributed by atoms with Crippen LogP contribution in [0.25, 0.3) is 0 Å². The molecule has 6 nitrogen and oxygen atoms in total. The van der Waals surface area contributed by atoms with Gasteiger partial charge in [0.2, 0.25) is 10.0 Å². The van der Waals surface area contributed by atoms with E-state index in [2.05, 4.69) is 18.9 Å². The largest absolute Gasteiger partial charge is 0.381 e. The van der Waals surface area contributed by atoms with Crippen LogP contribution in [0, 0.1) is 18.8 Å². The monoisotopic (exact) mass is 272 g/mol. The second-order valence-corrected chi connectivity index (χ2v) is 7.07. The van der Waals surface area contributed by atoms with Gasteiger partial charge in [-0.1, -0.05) is 13.8 Å². The molecule has 7 heteroatoms. The van der Waals surface area contributed by atoms with Gasteiger partial charge >= 0.3 is 0 Å². The lowest BCUT2D eigenvalue weighted by atomic mass is 10.0. The van der Waals surface area contributed by atoms with Crippen molar-refractivity contribution in [3.63, 3.8) is 0 Å². The van der Waals surface area contributed by atoms with Gasteiger partial charge in [0.25, 0.3) is 0 Å². The SMILES string of the molecule is Cc1c(S(=O)(=O)N2CC(C)C(C)C2)c(N)nn1C. The second-order valence-electron chi connectivity index (χ2n) is 5.20. The van der Waals surface area contributed by atoms with Crippen molar-refractivity contribution in [1.82, 2.24) is 14.1 Å². The number of nitrogens with two attached hydrogens (primary N) is 1. The smallest absolute Gasteiger partial charge is 0.248 e. The molecule has 1 aromatic heterocycles. The van der Waals surface area contributed by atoms with Crippen LogP contribution in [-0.4, -0.2) is 35.6 Å². The second kappa shape index (κ2) is 4.24. The van der Waals surface area contributed by atoms with E-state index in [9.17, 15) is 8.42 Å². The molecule has 0 spiro atoms. The number of nitrogen functional groups attached to an aromatic ring is 1. The summed E-state index contributed by atoms with van der Waals surface area (Å²) in [5.74, 6) is 0.832. The molecule has 2 atom stereocenters. The summed E-state index contributed by atoms with van der Waals surface area (Å²) in [7, 11) is -1.83. The van der Waals surface area contributed by atoms with E-state index in [1.165, 1.54) is 8.99 Å². The summed E-state index contributed by atoms with van der Waals surface area (Å²) in [6.07, 6.45) is 0. The zero-order valence-corrected chi connectivity index (χ0v) is 12.0. The molecule has 18 heavy (non-hydrogen) atoms. The molecule has 0 amide bonds. The third kappa shape index (κ3) is 1.91. The Hall–Kier alpha value is -1.08. The Labute approximate surface area is 108 Å². The minimum atomic E-state index is -3.52. The van der Waals surface area contributed by atoms with Crippen molar-refractivity contribution in [2.75, 3.05) is 18.8 Å². The molecule has 2 rings (SSSR count). The Morgan fingerprint density at radius 2 is 1.78 bits per heavy atom. The molecule has 2 unspecified atom stereocenters. The number of sulfonamides is 1. The molecule has 2 heterocycles. The van der Waals surface area contributed by atoms with Crippen LogP contribution in [0.15, 0.2) is 4.90 Å². The lowest BCUT2D eigenvalue weighted by molar-refractivity contribution is 0.463. The summed E-state index contributed by atoms with van der Waals surface area (Å²) in [6.45, 7) is 6.97. The quantitative estimate of drug-likeness (QED) is 0.854. The fourth-order valence-electron chi connectivity index (χ4n) is 2.34. The van der Waals surface area contributed by atoms with Crippen LogP contribution in [0.1, 0.15) is 19.5 Å². The average molecular weight is 272 g/mol. The number of nitrogens with zero attached hydrogens (tertiary/aromatic N) is 3. The van der Waals surface area contributed by atoms with Crippen molar-refractivity contribution in [1.29, 1.82) is 0 Å². The highest BCUT2D eigenvalue weighted by molar-refractivity contribution is 7.89. The fourth-order valence-corrected chi connectivity index (χ4v) is 4.27. The molecule has 102 valence electrons. The van der Waals surface area contributed by atoms with Crippen LogP contribution in [0.3, 0.4) is 0 Å². The Balaban J connectivity index is 2.44. The number of hydrogen-bond acceptors (Lipinski definition) is 4. The van der Waals surface area contributed by atoms with Crippen LogP contribution < -0.4 is 5.73 Å². The standard InChI is InChI=1S/C11H20N4O2S/c1-7-5-15(6-8(7)2)18(16,17)10-9(3)14(4)13-11(10)12/h7-8H,5-6H2,1-4H3,(H2,12,13). The van der Waals surface area contributed by atoms with Crippen molar-refractivity contribution in [3.05, 3.63) is 5.69 Å². The molecule has 0 saturated carbocycles. The number of aromatic nitrogens is 2. The van der Waals surface area contributed by atoms with E-state index in [-0.39, 0.29) is 10.7 Å². The van der Waals surface area contributed by atoms with E-state index in [4.69, 9.17) is 5.73 Å². The van der Waals surface area contributed by atoms with E-state index in [0.29, 0.717) is 30.6 Å². The molecule has 0 bridgehead atoms. The number of aryl methyl sites for hydroxylation is 1. The van der Waals surface area contributed by atoms with Gasteiger partial charge in [-0.15, -0.1) is 0 Å². The van der Waals surface area contributed by atoms with Gasteiger partial charge in [0.15, 0.2) is 5.82 Å². The summed E-state index contributed by atoms with van der Waals surface area (Å²) in [5.41, 5.74) is 6.31. The van der Waals surface area contributed by atoms with Crippen molar-refractivity contribution in [2.24, 2.45) is 18.9 Å². The first-order valence-corrected chi connectivity index (χ1v) is 7.48. The summed E-state index contributed by atoms with van der Waals surface area (Å²) in [4.78, 5) is 0.159. The molecular weight excluding hydrogens is 252 g/mol. The summed E-state index contributed by atoms with van der Waals surface area (Å²) in [6, 6.07) is 0. The molecule has 0 radical (unpaired) electrons. The highest BCUT2D eigenvalue weighted by Gasteiger charge is 2.37. The first-order valence-electron chi connectivity index (χ1n) is 6.04. The van der Waals surface area contributed by atoms with Gasteiger partial charge in [0.05, 0.1) is 5.69 Å². The summed E-state index contributed by atoms with van der Waals surface area (Å²) >= 11 is 0. The molecule has 1 aliphatic heterocycles. The van der Waals surface area contributed by atoms with Gasteiger partial charge in [-0.2, -0.15) is 9.40 Å². The molecule has 1 aliphatic rings. The molecule has 1 saturated heterocycles. The van der Waals surface area contributed by atoms with Crippen LogP contribution in [0.5, 0.6) is 0 Å². The van der Waals surface area contributed by atoms with Crippen molar-refractivity contribution >= 4 is 15.8 Å². The van der Waals surface area contributed by atoms with E-state index in [1.807, 2.05) is 0 Å². The van der Waals surface area contributed by atoms with E-state index < -0.39 is 10.0 Å². The van der Waals surface area contributed by atoms with Gasteiger partial charge in [-0.3, -0.25) is 4.68 Å². The van der Waals surface area contributed by atoms with Gasteiger partial charge in [0, 0.05) is 20.1 Å². The molecule has 1 fully saturated rings. The van der Waals surface area contributed by atoms with Crippen molar-refractivity contribution < 1.29 is 8.42 Å². The maximum atomic E-state index is 12.6. The highest BCUT2D eigenvalue weighted by Crippen LogP contribution is 2.31. The Morgan fingerprint density at radius 3 is 2.17 bits per heavy atom. The zero-order valence-electron chi connectivity index (χ0n) is 11.2. The fraction of sp³-hybridized carbons (Fsp3) is 0.727. The van der Waals surface area contributed by atoms with Crippen molar-refractivity contribution in [2.45, 2.75) is 25.7 Å². The maximum absolute atomic E-state index is 12.6. The number of hydrogen-bond donors (Lipinski definition) is 1. The normalized spacial score (nSPS) is 25.8. The zero-order chi connectivity index (χ0) is 13.7. The van der Waals surface area contributed by atoms with Crippen LogP contribution in [0.2, 0.25) is 0 Å². The topological polar surface area (TPSA) is 81.2 Å². The first kappa shape index (κ1) is 13.4. The Bertz CT molecular complexity index is 554. The van der Waals surface area contributed by atoms with Gasteiger partial charge in [0.1, 0.15) is 4.90 Å². The van der Waals surface area contributed by atoms with Crippen molar-refractivity contribution in [3.8, 4) is 0 Å². The lowest BCUT2D eigenvalue weighted by Crippen LogP contribution is -2.30. The van der Waals surface area contributed by atoms with E-state index in [1.54, 1.807) is 14.0 Å². The Morgan fingerprint density at radius 1 is 1.28 bits per heavy atom. The molecule has 2 N–H and O–H groups in total.